The highest BCUT2D eigenvalue weighted by atomic mass is 19.4. The van der Waals surface area contributed by atoms with E-state index >= 15 is 0 Å². The highest BCUT2D eigenvalue weighted by Crippen LogP contribution is 2.23. The van der Waals surface area contributed by atoms with Crippen molar-refractivity contribution in [3.8, 4) is 0 Å². The number of anilines is 1. The van der Waals surface area contributed by atoms with E-state index in [1.165, 1.54) is 0 Å². The van der Waals surface area contributed by atoms with Crippen LogP contribution in [0.25, 0.3) is 0 Å². The Bertz CT molecular complexity index is 497. The summed E-state index contributed by atoms with van der Waals surface area (Å²) in [7, 11) is 0. The molecule has 0 radical (unpaired) electrons. The number of nitrogens with one attached hydrogen (secondary N) is 1. The lowest BCUT2D eigenvalue weighted by Crippen LogP contribution is -2.49. The number of amides is 2. The molecule has 1 aliphatic heterocycles. The fraction of sp³-hybridized carbons (Fsp3) is 0.533. The average Bonchev–Trinajstić information content (AvgIpc) is 2.47. The Morgan fingerprint density at radius 3 is 2.41 bits per heavy atom. The molecule has 2 amide bonds. The van der Waals surface area contributed by atoms with Crippen LogP contribution in [0.1, 0.15) is 18.4 Å². The van der Waals surface area contributed by atoms with Gasteiger partial charge in [-0.2, -0.15) is 13.2 Å². The molecular formula is C15H19F3N2O2. The Morgan fingerprint density at radius 2 is 1.86 bits per heavy atom. The van der Waals surface area contributed by atoms with Crippen molar-refractivity contribution in [3.63, 3.8) is 0 Å². The Labute approximate surface area is 127 Å². The van der Waals surface area contributed by atoms with Crippen LogP contribution >= 0.6 is 0 Å². The molecule has 1 aromatic carbocycles. The number of benzene rings is 1. The highest BCUT2D eigenvalue weighted by molar-refractivity contribution is 5.89. The van der Waals surface area contributed by atoms with E-state index in [1.54, 1.807) is 24.3 Å². The molecule has 7 heteroatoms. The minimum atomic E-state index is -4.43. The number of urea groups is 1. The van der Waals surface area contributed by atoms with Gasteiger partial charge in [0.25, 0.3) is 0 Å². The standard InChI is InChI=1S/C15H19F3N2O2/c1-11-2-4-12(5-3-11)19-14(21)20(10-15(16,17)18)13-6-8-22-9-7-13/h2-5,13H,6-10H2,1H3,(H,19,21). The first kappa shape index (κ1) is 16.6. The van der Waals surface area contributed by atoms with E-state index in [-0.39, 0.29) is 0 Å². The van der Waals surface area contributed by atoms with Crippen molar-refractivity contribution in [2.24, 2.45) is 0 Å². The van der Waals surface area contributed by atoms with Crippen molar-refractivity contribution in [2.75, 3.05) is 25.1 Å². The molecule has 22 heavy (non-hydrogen) atoms. The number of hydrogen-bond donors (Lipinski definition) is 1. The van der Waals surface area contributed by atoms with E-state index in [1.807, 2.05) is 6.92 Å². The number of aryl methyl sites for hydroxylation is 1. The lowest BCUT2D eigenvalue weighted by Gasteiger charge is -2.34. The smallest absolute Gasteiger partial charge is 0.381 e. The summed E-state index contributed by atoms with van der Waals surface area (Å²) in [6, 6.07) is 5.73. The molecule has 1 aromatic rings. The first-order chi connectivity index (χ1) is 10.3. The molecule has 0 atom stereocenters. The van der Waals surface area contributed by atoms with Crippen LogP contribution in [0.3, 0.4) is 0 Å². The summed E-state index contributed by atoms with van der Waals surface area (Å²) in [5.74, 6) is 0. The van der Waals surface area contributed by atoms with Crippen LogP contribution in [-0.4, -0.2) is 42.9 Å². The van der Waals surface area contributed by atoms with Crippen LogP contribution in [0, 0.1) is 6.92 Å². The Kier molecular flexibility index (Phi) is 5.28. The van der Waals surface area contributed by atoms with Crippen LogP contribution in [0.5, 0.6) is 0 Å². The van der Waals surface area contributed by atoms with E-state index in [0.29, 0.717) is 31.7 Å². The SMILES string of the molecule is Cc1ccc(NC(=O)N(CC(F)(F)F)C2CCOCC2)cc1. The van der Waals surface area contributed by atoms with Gasteiger partial charge in [-0.3, -0.25) is 0 Å². The van der Waals surface area contributed by atoms with E-state index in [9.17, 15) is 18.0 Å². The molecule has 0 aliphatic carbocycles. The molecule has 2 rings (SSSR count). The van der Waals surface area contributed by atoms with Gasteiger partial charge in [-0.1, -0.05) is 17.7 Å². The Balaban J connectivity index is 2.08. The molecule has 1 saturated heterocycles. The normalized spacial score (nSPS) is 16.4. The maximum absolute atomic E-state index is 12.8. The van der Waals surface area contributed by atoms with Crippen LogP contribution in [0.2, 0.25) is 0 Å². The predicted molar refractivity (Wildman–Crippen MR) is 76.8 cm³/mol. The van der Waals surface area contributed by atoms with Crippen molar-refractivity contribution >= 4 is 11.7 Å². The van der Waals surface area contributed by atoms with E-state index < -0.39 is 24.8 Å². The fourth-order valence-electron chi connectivity index (χ4n) is 2.39. The summed E-state index contributed by atoms with van der Waals surface area (Å²) in [5.41, 5.74) is 1.49. The molecule has 1 fully saturated rings. The number of nitrogens with zero attached hydrogens (tertiary/aromatic N) is 1. The molecule has 122 valence electrons. The van der Waals surface area contributed by atoms with Crippen LogP contribution in [0.15, 0.2) is 24.3 Å². The molecule has 0 spiro atoms. The van der Waals surface area contributed by atoms with Gasteiger partial charge in [-0.15, -0.1) is 0 Å². The number of carbonyl (C=O) groups is 1. The summed E-state index contributed by atoms with van der Waals surface area (Å²) in [6.07, 6.45) is -3.60. The maximum Gasteiger partial charge on any atom is 0.406 e. The second-order valence-electron chi connectivity index (χ2n) is 5.38. The molecule has 0 unspecified atom stereocenters. The highest BCUT2D eigenvalue weighted by Gasteiger charge is 2.37. The maximum atomic E-state index is 12.8. The summed E-state index contributed by atoms with van der Waals surface area (Å²) in [6.45, 7) is 1.38. The minimum absolute atomic E-state index is 0.372. The van der Waals surface area contributed by atoms with Crippen molar-refractivity contribution in [1.82, 2.24) is 4.90 Å². The summed E-state index contributed by atoms with van der Waals surface area (Å²) in [4.78, 5) is 13.1. The third kappa shape index (κ3) is 4.91. The number of carbonyl (C=O) groups excluding carboxylic acids is 1. The van der Waals surface area contributed by atoms with Gasteiger partial charge >= 0.3 is 12.2 Å². The number of hydrogen-bond acceptors (Lipinski definition) is 2. The Hall–Kier alpha value is -1.76. The van der Waals surface area contributed by atoms with Crippen LogP contribution in [0.4, 0.5) is 23.7 Å². The molecule has 1 N–H and O–H groups in total. The van der Waals surface area contributed by atoms with E-state index in [0.717, 1.165) is 10.5 Å². The second-order valence-corrected chi connectivity index (χ2v) is 5.38. The quantitative estimate of drug-likeness (QED) is 0.926. The van der Waals surface area contributed by atoms with E-state index in [4.69, 9.17) is 4.74 Å². The largest absolute Gasteiger partial charge is 0.406 e. The third-order valence-electron chi connectivity index (χ3n) is 3.54. The van der Waals surface area contributed by atoms with E-state index in [2.05, 4.69) is 5.32 Å². The number of alkyl halides is 3. The zero-order valence-corrected chi connectivity index (χ0v) is 12.3. The zero-order valence-electron chi connectivity index (χ0n) is 12.3. The van der Waals surface area contributed by atoms with Gasteiger partial charge in [0.2, 0.25) is 0 Å². The van der Waals surface area contributed by atoms with Crippen molar-refractivity contribution < 1.29 is 22.7 Å². The first-order valence-electron chi connectivity index (χ1n) is 7.14. The van der Waals surface area contributed by atoms with Gasteiger partial charge in [0.15, 0.2) is 0 Å². The zero-order chi connectivity index (χ0) is 16.2. The fourth-order valence-corrected chi connectivity index (χ4v) is 2.39. The molecular weight excluding hydrogens is 297 g/mol. The van der Waals surface area contributed by atoms with Crippen LogP contribution in [-0.2, 0) is 4.74 Å². The minimum Gasteiger partial charge on any atom is -0.381 e. The molecule has 0 aromatic heterocycles. The van der Waals surface area contributed by atoms with Crippen molar-refractivity contribution in [3.05, 3.63) is 29.8 Å². The van der Waals surface area contributed by atoms with Crippen molar-refractivity contribution in [2.45, 2.75) is 32.0 Å². The van der Waals surface area contributed by atoms with Gasteiger partial charge in [0.1, 0.15) is 6.54 Å². The van der Waals surface area contributed by atoms with Crippen molar-refractivity contribution in [1.29, 1.82) is 0 Å². The van der Waals surface area contributed by atoms with Gasteiger partial charge in [-0.25, -0.2) is 4.79 Å². The molecule has 4 nitrogen and oxygen atoms in total. The van der Waals surface area contributed by atoms with Gasteiger partial charge in [0, 0.05) is 24.9 Å². The first-order valence-corrected chi connectivity index (χ1v) is 7.14. The monoisotopic (exact) mass is 316 g/mol. The van der Waals surface area contributed by atoms with Gasteiger partial charge in [0.05, 0.1) is 0 Å². The lowest BCUT2D eigenvalue weighted by atomic mass is 10.1. The number of rotatable bonds is 3. The topological polar surface area (TPSA) is 41.6 Å². The molecule has 1 aliphatic rings. The average molecular weight is 316 g/mol. The lowest BCUT2D eigenvalue weighted by molar-refractivity contribution is -0.146. The van der Waals surface area contributed by atoms with Crippen LogP contribution < -0.4 is 5.32 Å². The number of halogens is 3. The third-order valence-corrected chi connectivity index (χ3v) is 3.54. The molecule has 1 heterocycles. The summed E-state index contributed by atoms with van der Waals surface area (Å²) < 4.78 is 43.4. The summed E-state index contributed by atoms with van der Waals surface area (Å²) in [5, 5.41) is 2.54. The van der Waals surface area contributed by atoms with Gasteiger partial charge < -0.3 is 15.0 Å². The second kappa shape index (κ2) is 7.00. The molecule has 0 bridgehead atoms. The van der Waals surface area contributed by atoms with Gasteiger partial charge in [-0.05, 0) is 31.9 Å². The Morgan fingerprint density at radius 1 is 1.27 bits per heavy atom. The predicted octanol–water partition coefficient (Wildman–Crippen LogP) is 3.57. The molecule has 0 saturated carbocycles. The summed E-state index contributed by atoms with van der Waals surface area (Å²) >= 11 is 0. The number of ether oxygens (including phenoxy) is 1.